The summed E-state index contributed by atoms with van der Waals surface area (Å²) < 4.78 is 10.5. The Bertz CT molecular complexity index is 881. The minimum Gasteiger partial charge on any atom is -0.489 e. The number of non-ortho nitro benzene ring substituents is 1. The number of nitrogens with one attached hydrogen (secondary N) is 2. The Balaban J connectivity index is 1.76. The number of hydrazone groups is 1. The number of nitrogens with zero attached hydrogens (tertiary/aromatic N) is 2. The Hall–Kier alpha value is -3.79. The van der Waals surface area contributed by atoms with Crippen molar-refractivity contribution in [2.24, 2.45) is 5.10 Å². The lowest BCUT2D eigenvalue weighted by Crippen LogP contribution is -2.38. The second kappa shape index (κ2) is 11.9. The van der Waals surface area contributed by atoms with Gasteiger partial charge < -0.3 is 14.8 Å². The fourth-order valence-electron chi connectivity index (χ4n) is 2.25. The van der Waals surface area contributed by atoms with Gasteiger partial charge >= 0.3 is 11.8 Å². The highest BCUT2D eigenvalue weighted by molar-refractivity contribution is 6.35. The van der Waals surface area contributed by atoms with Gasteiger partial charge in [0.25, 0.3) is 5.69 Å². The molecule has 10 nitrogen and oxygen atoms in total. The summed E-state index contributed by atoms with van der Waals surface area (Å²) in [4.78, 5) is 33.3. The van der Waals surface area contributed by atoms with Crippen LogP contribution in [0, 0.1) is 10.1 Å². The predicted molar refractivity (Wildman–Crippen MR) is 109 cm³/mol. The Morgan fingerprint density at radius 3 is 2.43 bits per heavy atom. The van der Waals surface area contributed by atoms with Gasteiger partial charge in [0.05, 0.1) is 11.1 Å². The number of nitro benzene ring substituents is 1. The van der Waals surface area contributed by atoms with Gasteiger partial charge in [-0.3, -0.25) is 19.7 Å². The molecule has 30 heavy (non-hydrogen) atoms. The van der Waals surface area contributed by atoms with Gasteiger partial charge in [-0.25, -0.2) is 5.43 Å². The zero-order valence-electron chi connectivity index (χ0n) is 16.4. The van der Waals surface area contributed by atoms with Crippen LogP contribution >= 0.6 is 0 Å². The van der Waals surface area contributed by atoms with Crippen LogP contribution < -0.4 is 15.5 Å². The number of nitro groups is 1. The second-order valence-corrected chi connectivity index (χ2v) is 6.08. The van der Waals surface area contributed by atoms with E-state index in [1.54, 1.807) is 43.5 Å². The normalized spacial score (nSPS) is 10.6. The van der Waals surface area contributed by atoms with E-state index in [1.807, 2.05) is 0 Å². The minimum atomic E-state index is -0.855. The van der Waals surface area contributed by atoms with Crippen molar-refractivity contribution in [2.75, 3.05) is 20.3 Å². The van der Waals surface area contributed by atoms with Crippen LogP contribution in [0.15, 0.2) is 53.6 Å². The summed E-state index contributed by atoms with van der Waals surface area (Å²) in [7, 11) is 1.56. The van der Waals surface area contributed by atoms with Crippen LogP contribution in [-0.4, -0.2) is 43.2 Å². The Labute approximate surface area is 173 Å². The molecule has 0 bridgehead atoms. The van der Waals surface area contributed by atoms with Crippen LogP contribution in [0.5, 0.6) is 5.75 Å². The Morgan fingerprint density at radius 2 is 1.80 bits per heavy atom. The molecule has 2 rings (SSSR count). The SMILES string of the molecule is COCCCNC(=O)C(=O)N/N=C\c1ccc(OCc2ccc([N+](=O)[O-])cc2)cc1. The van der Waals surface area contributed by atoms with Gasteiger partial charge in [0.15, 0.2) is 0 Å². The molecule has 0 aliphatic carbocycles. The molecule has 0 heterocycles. The van der Waals surface area contributed by atoms with Crippen LogP contribution in [0.25, 0.3) is 0 Å². The Morgan fingerprint density at radius 1 is 1.10 bits per heavy atom. The highest BCUT2D eigenvalue weighted by Gasteiger charge is 2.11. The lowest BCUT2D eigenvalue weighted by molar-refractivity contribution is -0.384. The number of amides is 2. The molecule has 0 aliphatic heterocycles. The highest BCUT2D eigenvalue weighted by Crippen LogP contribution is 2.16. The monoisotopic (exact) mass is 414 g/mol. The summed E-state index contributed by atoms with van der Waals surface area (Å²) in [6.07, 6.45) is 2.01. The fourth-order valence-corrected chi connectivity index (χ4v) is 2.25. The molecule has 10 heteroatoms. The standard InChI is InChI=1S/C20H22N4O6/c1-29-12-2-11-21-19(25)20(26)23-22-13-15-5-9-18(10-6-15)30-14-16-3-7-17(8-4-16)24(27)28/h3-10,13H,2,11-12,14H2,1H3,(H,21,25)(H,23,26)/b22-13-. The molecular formula is C20H22N4O6. The maximum Gasteiger partial charge on any atom is 0.329 e. The lowest BCUT2D eigenvalue weighted by Gasteiger charge is -2.06. The van der Waals surface area contributed by atoms with Crippen molar-refractivity contribution in [2.45, 2.75) is 13.0 Å². The highest BCUT2D eigenvalue weighted by atomic mass is 16.6. The van der Waals surface area contributed by atoms with E-state index in [0.717, 1.165) is 5.56 Å². The largest absolute Gasteiger partial charge is 0.489 e. The van der Waals surface area contributed by atoms with E-state index >= 15 is 0 Å². The third-order valence-electron chi connectivity index (χ3n) is 3.83. The number of hydrogen-bond donors (Lipinski definition) is 2. The molecule has 0 unspecified atom stereocenters. The number of ether oxygens (including phenoxy) is 2. The van der Waals surface area contributed by atoms with Gasteiger partial charge in [-0.15, -0.1) is 0 Å². The first kappa shape index (κ1) is 22.5. The third-order valence-corrected chi connectivity index (χ3v) is 3.83. The minimum absolute atomic E-state index is 0.0260. The maximum atomic E-state index is 11.6. The molecule has 0 saturated heterocycles. The van der Waals surface area contributed by atoms with E-state index < -0.39 is 16.7 Å². The summed E-state index contributed by atoms with van der Waals surface area (Å²) in [6, 6.07) is 13.0. The third kappa shape index (κ3) is 7.68. The summed E-state index contributed by atoms with van der Waals surface area (Å²) >= 11 is 0. The van der Waals surface area contributed by atoms with E-state index in [2.05, 4.69) is 15.8 Å². The van der Waals surface area contributed by atoms with Crippen molar-refractivity contribution in [3.63, 3.8) is 0 Å². The Kier molecular flexibility index (Phi) is 8.94. The predicted octanol–water partition coefficient (Wildman–Crippen LogP) is 1.78. The topological polar surface area (TPSA) is 132 Å². The molecule has 0 aliphatic rings. The average Bonchev–Trinajstić information content (AvgIpc) is 2.76. The van der Waals surface area contributed by atoms with Gasteiger partial charge in [0, 0.05) is 32.4 Å². The van der Waals surface area contributed by atoms with Gasteiger partial charge in [-0.1, -0.05) is 0 Å². The summed E-state index contributed by atoms with van der Waals surface area (Å²) in [5.74, 6) is -1.02. The van der Waals surface area contributed by atoms with Crippen molar-refractivity contribution in [1.29, 1.82) is 0 Å². The zero-order chi connectivity index (χ0) is 21.8. The van der Waals surface area contributed by atoms with E-state index in [9.17, 15) is 19.7 Å². The summed E-state index contributed by atoms with van der Waals surface area (Å²) in [5.41, 5.74) is 3.67. The summed E-state index contributed by atoms with van der Waals surface area (Å²) in [6.45, 7) is 1.10. The van der Waals surface area contributed by atoms with Crippen molar-refractivity contribution >= 4 is 23.7 Å². The molecule has 0 aromatic heterocycles. The quantitative estimate of drug-likeness (QED) is 0.200. The van der Waals surface area contributed by atoms with Crippen molar-refractivity contribution < 1.29 is 24.0 Å². The van der Waals surface area contributed by atoms with Gasteiger partial charge in [0.2, 0.25) is 0 Å². The number of rotatable bonds is 10. The van der Waals surface area contributed by atoms with Crippen LogP contribution in [0.1, 0.15) is 17.5 Å². The van der Waals surface area contributed by atoms with E-state index in [1.165, 1.54) is 18.3 Å². The summed E-state index contributed by atoms with van der Waals surface area (Å²) in [5, 5.41) is 16.9. The maximum absolute atomic E-state index is 11.6. The molecule has 0 radical (unpaired) electrons. The number of methoxy groups -OCH3 is 1. The van der Waals surface area contributed by atoms with Crippen LogP contribution in [0.3, 0.4) is 0 Å². The molecule has 0 spiro atoms. The molecule has 2 N–H and O–H groups in total. The first-order chi connectivity index (χ1) is 14.5. The smallest absolute Gasteiger partial charge is 0.329 e. The first-order valence-electron chi connectivity index (χ1n) is 9.06. The van der Waals surface area contributed by atoms with Gasteiger partial charge in [-0.2, -0.15) is 5.10 Å². The van der Waals surface area contributed by atoms with E-state index in [4.69, 9.17) is 9.47 Å². The van der Waals surface area contributed by atoms with Crippen molar-refractivity contribution in [3.05, 3.63) is 69.8 Å². The molecule has 2 aromatic carbocycles. The molecule has 0 fully saturated rings. The number of carbonyl (C=O) groups is 2. The van der Waals surface area contributed by atoms with E-state index in [-0.39, 0.29) is 12.3 Å². The number of hydrogen-bond acceptors (Lipinski definition) is 7. The van der Waals surface area contributed by atoms with Crippen molar-refractivity contribution in [3.8, 4) is 5.75 Å². The van der Waals surface area contributed by atoms with Crippen LogP contribution in [0.4, 0.5) is 5.69 Å². The van der Waals surface area contributed by atoms with E-state index in [0.29, 0.717) is 30.9 Å². The fraction of sp³-hybridized carbons (Fsp3) is 0.250. The number of carbonyl (C=O) groups excluding carboxylic acids is 2. The van der Waals surface area contributed by atoms with Crippen molar-refractivity contribution in [1.82, 2.24) is 10.7 Å². The van der Waals surface area contributed by atoms with Gasteiger partial charge in [-0.05, 0) is 53.9 Å². The number of benzene rings is 2. The second-order valence-electron chi connectivity index (χ2n) is 6.08. The first-order valence-corrected chi connectivity index (χ1v) is 9.06. The average molecular weight is 414 g/mol. The molecule has 158 valence electrons. The molecule has 2 amide bonds. The molecule has 2 aromatic rings. The molecule has 0 atom stereocenters. The van der Waals surface area contributed by atoms with Crippen LogP contribution in [0.2, 0.25) is 0 Å². The van der Waals surface area contributed by atoms with Gasteiger partial charge in [0.1, 0.15) is 12.4 Å². The molecule has 0 saturated carbocycles. The lowest BCUT2D eigenvalue weighted by atomic mass is 10.2. The van der Waals surface area contributed by atoms with Crippen LogP contribution in [-0.2, 0) is 20.9 Å². The molecular weight excluding hydrogens is 392 g/mol. The zero-order valence-corrected chi connectivity index (χ0v) is 16.4.